The Bertz CT molecular complexity index is 633. The van der Waals surface area contributed by atoms with Crippen LogP contribution >= 0.6 is 0 Å². The predicted molar refractivity (Wildman–Crippen MR) is 100.0 cm³/mol. The van der Waals surface area contributed by atoms with Crippen LogP contribution < -0.4 is 10.6 Å². The second-order valence-electron chi connectivity index (χ2n) is 6.98. The number of hydrogen-bond acceptors (Lipinski definition) is 4. The molecule has 2 N–H and O–H groups in total. The van der Waals surface area contributed by atoms with Crippen LogP contribution in [0.2, 0.25) is 0 Å². The van der Waals surface area contributed by atoms with E-state index in [4.69, 9.17) is 5.73 Å². The summed E-state index contributed by atoms with van der Waals surface area (Å²) in [4.78, 5) is 10.9. The van der Waals surface area contributed by atoms with E-state index >= 15 is 0 Å². The zero-order valence-corrected chi connectivity index (χ0v) is 14.6. The molecule has 1 aromatic carbocycles. The second-order valence-corrected chi connectivity index (χ2v) is 6.98. The van der Waals surface area contributed by atoms with Gasteiger partial charge >= 0.3 is 0 Å². The first kappa shape index (κ1) is 16.7. The highest BCUT2D eigenvalue weighted by molar-refractivity contribution is 5.41. The average molecular weight is 324 g/mol. The first-order valence-electron chi connectivity index (χ1n) is 9.07. The summed E-state index contributed by atoms with van der Waals surface area (Å²) < 4.78 is 0. The van der Waals surface area contributed by atoms with Gasteiger partial charge in [-0.05, 0) is 43.1 Å². The minimum Gasteiger partial charge on any atom is -0.382 e. The molecule has 0 bridgehead atoms. The average Bonchev–Trinajstić information content (AvgIpc) is 2.63. The van der Waals surface area contributed by atoms with Crippen molar-refractivity contribution < 1.29 is 0 Å². The molecule has 0 radical (unpaired) electrons. The molecule has 0 atom stereocenters. The van der Waals surface area contributed by atoms with E-state index in [9.17, 15) is 0 Å². The van der Waals surface area contributed by atoms with E-state index in [2.05, 4.69) is 52.1 Å². The summed E-state index contributed by atoms with van der Waals surface area (Å²) >= 11 is 0. The maximum atomic E-state index is 5.77. The minimum absolute atomic E-state index is 0.485. The van der Waals surface area contributed by atoms with Gasteiger partial charge in [-0.3, -0.25) is 4.98 Å². The highest BCUT2D eigenvalue weighted by Crippen LogP contribution is 2.40. The summed E-state index contributed by atoms with van der Waals surface area (Å²) in [7, 11) is 0. The van der Waals surface area contributed by atoms with E-state index in [0.717, 1.165) is 18.9 Å². The molecule has 0 unspecified atom stereocenters. The molecule has 4 nitrogen and oxygen atoms in total. The van der Waals surface area contributed by atoms with Crippen molar-refractivity contribution in [3.05, 3.63) is 48.3 Å². The topological polar surface area (TPSA) is 55.0 Å². The van der Waals surface area contributed by atoms with Crippen LogP contribution in [0.1, 0.15) is 44.6 Å². The number of nitrogens with two attached hydrogens (primary N) is 1. The number of aryl methyl sites for hydroxylation is 1. The van der Waals surface area contributed by atoms with E-state index in [1.54, 1.807) is 6.20 Å². The van der Waals surface area contributed by atoms with Crippen LogP contribution in [0.5, 0.6) is 0 Å². The highest BCUT2D eigenvalue weighted by Gasteiger charge is 2.32. The monoisotopic (exact) mass is 324 g/mol. The second kappa shape index (κ2) is 7.65. The Morgan fingerprint density at radius 2 is 1.88 bits per heavy atom. The molecule has 2 aromatic rings. The van der Waals surface area contributed by atoms with Crippen LogP contribution in [0.15, 0.2) is 42.7 Å². The molecule has 0 saturated carbocycles. The smallest absolute Gasteiger partial charge is 0.149 e. The van der Waals surface area contributed by atoms with Gasteiger partial charge in [-0.1, -0.05) is 43.7 Å². The van der Waals surface area contributed by atoms with E-state index in [0.29, 0.717) is 11.2 Å². The van der Waals surface area contributed by atoms with Gasteiger partial charge in [0.05, 0.1) is 12.4 Å². The van der Waals surface area contributed by atoms with Gasteiger partial charge in [0.2, 0.25) is 0 Å². The fraction of sp³-hybridized carbons (Fsp3) is 0.500. The van der Waals surface area contributed by atoms with Gasteiger partial charge in [-0.15, -0.1) is 0 Å². The molecule has 0 spiro atoms. The molecule has 0 amide bonds. The third-order valence-electron chi connectivity index (χ3n) is 5.55. The molecule has 2 heterocycles. The predicted octanol–water partition coefficient (Wildman–Crippen LogP) is 4.08. The van der Waals surface area contributed by atoms with Crippen molar-refractivity contribution in [2.75, 3.05) is 23.7 Å². The molecule has 24 heavy (non-hydrogen) atoms. The summed E-state index contributed by atoms with van der Waals surface area (Å²) in [5, 5.41) is 0. The lowest BCUT2D eigenvalue weighted by Crippen LogP contribution is -2.40. The van der Waals surface area contributed by atoms with E-state index < -0.39 is 0 Å². The number of piperidine rings is 1. The first-order valence-corrected chi connectivity index (χ1v) is 9.07. The third kappa shape index (κ3) is 4.05. The Morgan fingerprint density at radius 3 is 2.54 bits per heavy atom. The van der Waals surface area contributed by atoms with Gasteiger partial charge < -0.3 is 10.6 Å². The molecule has 128 valence electrons. The first-order chi connectivity index (χ1) is 11.7. The van der Waals surface area contributed by atoms with Gasteiger partial charge in [0, 0.05) is 13.1 Å². The highest BCUT2D eigenvalue weighted by atomic mass is 15.2. The van der Waals surface area contributed by atoms with Crippen LogP contribution in [0, 0.1) is 5.41 Å². The number of benzene rings is 1. The lowest BCUT2D eigenvalue weighted by Gasteiger charge is -2.42. The fourth-order valence-electron chi connectivity index (χ4n) is 3.83. The zero-order valence-electron chi connectivity index (χ0n) is 14.6. The van der Waals surface area contributed by atoms with Gasteiger partial charge in [0.25, 0.3) is 0 Å². The lowest BCUT2D eigenvalue weighted by molar-refractivity contribution is 0.185. The van der Waals surface area contributed by atoms with Gasteiger partial charge in [-0.2, -0.15) is 0 Å². The number of nitrogen functional groups attached to an aromatic ring is 1. The van der Waals surface area contributed by atoms with Crippen molar-refractivity contribution in [1.82, 2.24) is 9.97 Å². The Hall–Kier alpha value is -2.10. The molecule has 4 heteroatoms. The Balaban J connectivity index is 1.54. The van der Waals surface area contributed by atoms with Crippen molar-refractivity contribution in [1.29, 1.82) is 0 Å². The number of anilines is 2. The van der Waals surface area contributed by atoms with Crippen LogP contribution in [-0.2, 0) is 6.42 Å². The summed E-state index contributed by atoms with van der Waals surface area (Å²) in [6.07, 6.45) is 10.9. The SMILES string of the molecule is CCC1(CCCc2ccccc2)CCN(c2cncc(N)n2)CC1. The molecule has 1 fully saturated rings. The summed E-state index contributed by atoms with van der Waals surface area (Å²) in [5.74, 6) is 1.42. The third-order valence-corrected chi connectivity index (χ3v) is 5.55. The number of rotatable bonds is 6. The summed E-state index contributed by atoms with van der Waals surface area (Å²) in [6, 6.07) is 10.8. The van der Waals surface area contributed by atoms with Crippen molar-refractivity contribution in [2.24, 2.45) is 5.41 Å². The van der Waals surface area contributed by atoms with E-state index in [-0.39, 0.29) is 0 Å². The molecule has 1 aromatic heterocycles. The zero-order chi connectivity index (χ0) is 16.8. The summed E-state index contributed by atoms with van der Waals surface area (Å²) in [5.41, 5.74) is 7.71. The van der Waals surface area contributed by atoms with Crippen molar-refractivity contribution in [2.45, 2.75) is 45.4 Å². The van der Waals surface area contributed by atoms with Crippen molar-refractivity contribution in [3.8, 4) is 0 Å². The van der Waals surface area contributed by atoms with Crippen LogP contribution in [0.3, 0.4) is 0 Å². The maximum Gasteiger partial charge on any atom is 0.149 e. The van der Waals surface area contributed by atoms with Crippen LogP contribution in [0.4, 0.5) is 11.6 Å². The van der Waals surface area contributed by atoms with Crippen LogP contribution in [0.25, 0.3) is 0 Å². The Kier molecular flexibility index (Phi) is 5.34. The molecular weight excluding hydrogens is 296 g/mol. The Morgan fingerprint density at radius 1 is 1.12 bits per heavy atom. The van der Waals surface area contributed by atoms with E-state index in [1.807, 2.05) is 6.20 Å². The maximum absolute atomic E-state index is 5.77. The molecule has 1 aliphatic heterocycles. The molecular formula is C20H28N4. The van der Waals surface area contributed by atoms with Gasteiger partial charge in [-0.25, -0.2) is 4.98 Å². The minimum atomic E-state index is 0.485. The van der Waals surface area contributed by atoms with Gasteiger partial charge in [0.15, 0.2) is 0 Å². The van der Waals surface area contributed by atoms with Crippen LogP contribution in [-0.4, -0.2) is 23.1 Å². The summed E-state index contributed by atoms with van der Waals surface area (Å²) in [6.45, 7) is 4.45. The van der Waals surface area contributed by atoms with E-state index in [1.165, 1.54) is 44.1 Å². The molecule has 1 aliphatic rings. The largest absolute Gasteiger partial charge is 0.382 e. The number of nitrogens with zero attached hydrogens (tertiary/aromatic N) is 3. The number of hydrogen-bond donors (Lipinski definition) is 1. The van der Waals surface area contributed by atoms with Crippen molar-refractivity contribution in [3.63, 3.8) is 0 Å². The van der Waals surface area contributed by atoms with Gasteiger partial charge in [0.1, 0.15) is 11.6 Å². The Labute approximate surface area is 145 Å². The molecule has 1 saturated heterocycles. The lowest BCUT2D eigenvalue weighted by atomic mass is 9.72. The van der Waals surface area contributed by atoms with Crippen molar-refractivity contribution >= 4 is 11.6 Å². The molecule has 0 aliphatic carbocycles. The number of aromatic nitrogens is 2. The standard InChI is InChI=1S/C20H28N4/c1-2-20(10-6-9-17-7-4-3-5-8-17)11-13-24(14-12-20)19-16-22-15-18(21)23-19/h3-5,7-8,15-16H,2,6,9-14H2,1H3,(H2,21,23). The quantitative estimate of drug-likeness (QED) is 0.870. The molecule has 3 rings (SSSR count). The fourth-order valence-corrected chi connectivity index (χ4v) is 3.83. The normalized spacial score (nSPS) is 17.0.